The predicted octanol–water partition coefficient (Wildman–Crippen LogP) is 4.95. The molecule has 2 fully saturated rings. The lowest BCUT2D eigenvalue weighted by atomic mass is 9.75. The van der Waals surface area contributed by atoms with Gasteiger partial charge in [-0.2, -0.15) is 0 Å². The van der Waals surface area contributed by atoms with Gasteiger partial charge in [-0.05, 0) is 86.6 Å². The summed E-state index contributed by atoms with van der Waals surface area (Å²) in [6.45, 7) is 8.86. The molecule has 176 valence electrons. The Morgan fingerprint density at radius 3 is 2.56 bits per heavy atom. The van der Waals surface area contributed by atoms with Crippen molar-refractivity contribution in [1.29, 1.82) is 0 Å². The van der Waals surface area contributed by atoms with Crippen LogP contribution in [0.4, 0.5) is 25.8 Å². The molecule has 0 unspecified atom stereocenters. The van der Waals surface area contributed by atoms with E-state index in [1.165, 1.54) is 17.0 Å². The molecule has 0 bridgehead atoms. The number of nitrogens with zero attached hydrogens (tertiary/aromatic N) is 3. The Balaban J connectivity index is 1.67. The van der Waals surface area contributed by atoms with Crippen LogP contribution in [0, 0.1) is 25.1 Å². The topological polar surface area (TPSA) is 57.0 Å². The minimum absolute atomic E-state index is 0.0000298. The number of nitrogens with one attached hydrogen (secondary N) is 1. The van der Waals surface area contributed by atoms with Crippen molar-refractivity contribution in [2.24, 2.45) is 0 Å². The second kappa shape index (κ2) is 9.11. The van der Waals surface area contributed by atoms with E-state index in [4.69, 9.17) is 18.8 Å². The van der Waals surface area contributed by atoms with Gasteiger partial charge in [-0.25, -0.2) is 13.6 Å². The zero-order valence-corrected chi connectivity index (χ0v) is 19.8. The summed E-state index contributed by atoms with van der Waals surface area (Å²) in [7, 11) is 1.56. The second-order valence-electron chi connectivity index (χ2n) is 8.65. The molecule has 2 aromatic rings. The maximum atomic E-state index is 15.0. The summed E-state index contributed by atoms with van der Waals surface area (Å²) < 4.78 is 29.9. The van der Waals surface area contributed by atoms with E-state index in [-0.39, 0.29) is 28.3 Å². The van der Waals surface area contributed by atoms with E-state index < -0.39 is 17.2 Å². The normalized spacial score (nSPS) is 16.6. The molecule has 1 saturated carbocycles. The number of carbonyl (C=O) groups excluding carboxylic acids is 2. The number of thiocarbonyl (C=S) groups is 1. The number of carbonyl (C=O) groups is 2. The lowest BCUT2D eigenvalue weighted by Crippen LogP contribution is -2.55. The van der Waals surface area contributed by atoms with Crippen molar-refractivity contribution >= 4 is 46.2 Å². The number of benzene rings is 2. The fraction of sp³-hybridized carbons (Fsp3) is 0.360. The summed E-state index contributed by atoms with van der Waals surface area (Å²) in [6, 6.07) is 7.27. The molecule has 1 spiro atoms. The standard InChI is InChI=1S/C25H24F2N4O2S/c1-15-12-21(19(27)14-20(15)28-2)30-23(33)25(10-5-11-25)31(24(30)34)17-9-8-16(18(26)13-17)6-4-7-22(32)29-3/h8-9,12-14H,4-7,10-11H2,1,3H3,(H,29,32). The largest absolute Gasteiger partial charge is 0.359 e. The smallest absolute Gasteiger partial charge is 0.259 e. The first kappa shape index (κ1) is 23.8. The van der Waals surface area contributed by atoms with Crippen molar-refractivity contribution in [3.63, 3.8) is 0 Å². The molecule has 2 aliphatic rings. The van der Waals surface area contributed by atoms with E-state index >= 15 is 0 Å². The molecule has 2 amide bonds. The highest BCUT2D eigenvalue weighted by molar-refractivity contribution is 7.81. The van der Waals surface area contributed by atoms with Crippen molar-refractivity contribution in [3.8, 4) is 0 Å². The van der Waals surface area contributed by atoms with Gasteiger partial charge in [0.2, 0.25) is 5.91 Å². The molecule has 1 aliphatic heterocycles. The highest BCUT2D eigenvalue weighted by Gasteiger charge is 2.60. The lowest BCUT2D eigenvalue weighted by Gasteiger charge is -2.43. The molecular weight excluding hydrogens is 458 g/mol. The van der Waals surface area contributed by atoms with E-state index in [1.807, 2.05) is 0 Å². The predicted molar refractivity (Wildman–Crippen MR) is 130 cm³/mol. The number of rotatable bonds is 6. The molecule has 9 heteroatoms. The van der Waals surface area contributed by atoms with Gasteiger partial charge in [0, 0.05) is 19.2 Å². The number of aryl methyl sites for hydroxylation is 2. The number of anilines is 2. The zero-order chi connectivity index (χ0) is 24.6. The third kappa shape index (κ3) is 3.82. The zero-order valence-electron chi connectivity index (χ0n) is 19.0. The molecule has 1 saturated heterocycles. The van der Waals surface area contributed by atoms with Crippen LogP contribution in [0.5, 0.6) is 0 Å². The monoisotopic (exact) mass is 482 g/mol. The van der Waals surface area contributed by atoms with E-state index in [2.05, 4.69) is 10.2 Å². The highest BCUT2D eigenvalue weighted by atomic mass is 32.1. The quantitative estimate of drug-likeness (QED) is 0.468. The Hall–Kier alpha value is -3.38. The van der Waals surface area contributed by atoms with Gasteiger partial charge in [0.15, 0.2) is 10.8 Å². The van der Waals surface area contributed by atoms with E-state index in [1.54, 1.807) is 31.0 Å². The molecule has 0 aromatic heterocycles. The lowest BCUT2D eigenvalue weighted by molar-refractivity contribution is -0.124. The minimum atomic E-state index is -0.969. The summed E-state index contributed by atoms with van der Waals surface area (Å²) in [5.74, 6) is -1.59. The van der Waals surface area contributed by atoms with Gasteiger partial charge < -0.3 is 10.2 Å². The third-order valence-corrected chi connectivity index (χ3v) is 7.01. The van der Waals surface area contributed by atoms with E-state index in [0.717, 1.165) is 12.5 Å². The van der Waals surface area contributed by atoms with Crippen LogP contribution in [0.1, 0.15) is 43.2 Å². The van der Waals surface area contributed by atoms with Gasteiger partial charge in [-0.3, -0.25) is 14.5 Å². The molecule has 0 radical (unpaired) electrons. The first-order valence-electron chi connectivity index (χ1n) is 11.1. The maximum absolute atomic E-state index is 15.0. The first-order chi connectivity index (χ1) is 16.2. The van der Waals surface area contributed by atoms with Crippen molar-refractivity contribution in [2.45, 2.75) is 51.0 Å². The van der Waals surface area contributed by atoms with Crippen molar-refractivity contribution in [2.75, 3.05) is 16.8 Å². The fourth-order valence-corrected chi connectivity index (χ4v) is 5.04. The van der Waals surface area contributed by atoms with Gasteiger partial charge in [0.1, 0.15) is 17.2 Å². The van der Waals surface area contributed by atoms with E-state index in [9.17, 15) is 18.4 Å². The van der Waals surface area contributed by atoms with Crippen LogP contribution in [-0.4, -0.2) is 29.5 Å². The second-order valence-corrected chi connectivity index (χ2v) is 9.01. The number of amides is 2. The van der Waals surface area contributed by atoms with Crippen LogP contribution in [-0.2, 0) is 16.0 Å². The molecule has 6 nitrogen and oxygen atoms in total. The van der Waals surface area contributed by atoms with Gasteiger partial charge in [-0.1, -0.05) is 6.07 Å². The van der Waals surface area contributed by atoms with Gasteiger partial charge in [0.25, 0.3) is 5.91 Å². The molecule has 4 rings (SSSR count). The molecule has 1 heterocycles. The Morgan fingerprint density at radius 1 is 1.24 bits per heavy atom. The molecule has 0 atom stereocenters. The SMILES string of the molecule is [C-]#[N+]c1cc(F)c(N2C(=O)C3(CCC3)N(c3ccc(CCCC(=O)NC)c(F)c3)C2=S)cc1C. The van der Waals surface area contributed by atoms with Crippen LogP contribution >= 0.6 is 12.2 Å². The Bertz CT molecular complexity index is 1240. The fourth-order valence-electron chi connectivity index (χ4n) is 4.58. The van der Waals surface area contributed by atoms with Crippen LogP contribution < -0.4 is 15.1 Å². The van der Waals surface area contributed by atoms with Crippen molar-refractivity contribution < 1.29 is 18.4 Å². The van der Waals surface area contributed by atoms with Crippen LogP contribution in [0.15, 0.2) is 30.3 Å². The summed E-state index contributed by atoms with van der Waals surface area (Å²) in [5, 5.41) is 2.63. The summed E-state index contributed by atoms with van der Waals surface area (Å²) in [4.78, 5) is 31.1. The number of hydrogen-bond donors (Lipinski definition) is 1. The molecule has 34 heavy (non-hydrogen) atoms. The molecule has 1 N–H and O–H groups in total. The van der Waals surface area contributed by atoms with Crippen molar-refractivity contribution in [1.82, 2.24) is 5.32 Å². The Kier molecular flexibility index (Phi) is 6.36. The van der Waals surface area contributed by atoms with Gasteiger partial charge >= 0.3 is 0 Å². The average Bonchev–Trinajstić information content (AvgIpc) is 3.02. The average molecular weight is 483 g/mol. The summed E-state index contributed by atoms with van der Waals surface area (Å²) in [6.07, 6.45) is 3.07. The van der Waals surface area contributed by atoms with Crippen LogP contribution in [0.2, 0.25) is 0 Å². The van der Waals surface area contributed by atoms with Crippen LogP contribution in [0.25, 0.3) is 4.85 Å². The third-order valence-electron chi connectivity index (χ3n) is 6.64. The summed E-state index contributed by atoms with van der Waals surface area (Å²) in [5.41, 5.74) is 0.643. The first-order valence-corrected chi connectivity index (χ1v) is 11.5. The molecule has 1 aliphatic carbocycles. The number of halogens is 2. The van der Waals surface area contributed by atoms with Crippen LogP contribution in [0.3, 0.4) is 0 Å². The summed E-state index contributed by atoms with van der Waals surface area (Å²) >= 11 is 5.64. The minimum Gasteiger partial charge on any atom is -0.359 e. The van der Waals surface area contributed by atoms with E-state index in [0.29, 0.717) is 48.9 Å². The molecule has 2 aromatic carbocycles. The number of hydrogen-bond acceptors (Lipinski definition) is 3. The van der Waals surface area contributed by atoms with Gasteiger partial charge in [0.05, 0.1) is 12.3 Å². The maximum Gasteiger partial charge on any atom is 0.259 e. The van der Waals surface area contributed by atoms with Gasteiger partial charge in [-0.15, -0.1) is 0 Å². The highest BCUT2D eigenvalue weighted by Crippen LogP contribution is 2.48. The van der Waals surface area contributed by atoms with Crippen molar-refractivity contribution in [3.05, 3.63) is 64.5 Å². The molecular formula is C25H24F2N4O2S. The Labute approximate surface area is 202 Å². The Morgan fingerprint density at radius 2 is 1.97 bits per heavy atom.